The van der Waals surface area contributed by atoms with Crippen LogP contribution in [0.1, 0.15) is 44.6 Å². The van der Waals surface area contributed by atoms with Crippen LogP contribution < -0.4 is 5.32 Å². The Morgan fingerprint density at radius 2 is 1.90 bits per heavy atom. The van der Waals surface area contributed by atoms with Crippen LogP contribution in [0.15, 0.2) is 36.5 Å². The minimum Gasteiger partial charge on any atom is -0.312 e. The standard InChI is InChI=1S/C18H24N2/c1-18(10-3-2-4-11-18)14-19-13-16-8-5-7-15-9-6-12-20-17(15)16/h5-9,12,19H,2-4,10-11,13-14H2,1H3. The summed E-state index contributed by atoms with van der Waals surface area (Å²) in [5.41, 5.74) is 2.94. The third kappa shape index (κ3) is 3.01. The van der Waals surface area contributed by atoms with Gasteiger partial charge < -0.3 is 5.32 Å². The Morgan fingerprint density at radius 3 is 2.75 bits per heavy atom. The summed E-state index contributed by atoms with van der Waals surface area (Å²) in [5.74, 6) is 0. The summed E-state index contributed by atoms with van der Waals surface area (Å²) in [7, 11) is 0. The highest BCUT2D eigenvalue weighted by molar-refractivity contribution is 5.81. The molecule has 0 saturated heterocycles. The number of para-hydroxylation sites is 1. The molecule has 106 valence electrons. The molecule has 3 rings (SSSR count). The fraction of sp³-hybridized carbons (Fsp3) is 0.500. The molecule has 20 heavy (non-hydrogen) atoms. The highest BCUT2D eigenvalue weighted by atomic mass is 14.9. The number of nitrogens with zero attached hydrogens (tertiary/aromatic N) is 1. The Balaban J connectivity index is 1.65. The molecular formula is C18H24N2. The van der Waals surface area contributed by atoms with Crippen molar-refractivity contribution in [3.05, 3.63) is 42.1 Å². The van der Waals surface area contributed by atoms with E-state index in [9.17, 15) is 0 Å². The summed E-state index contributed by atoms with van der Waals surface area (Å²) in [5, 5.41) is 4.90. The quantitative estimate of drug-likeness (QED) is 0.894. The molecule has 2 heteroatoms. The first-order valence-electron chi connectivity index (χ1n) is 7.80. The molecule has 1 saturated carbocycles. The monoisotopic (exact) mass is 268 g/mol. The van der Waals surface area contributed by atoms with E-state index in [1.165, 1.54) is 43.1 Å². The molecule has 1 N–H and O–H groups in total. The maximum Gasteiger partial charge on any atom is 0.0746 e. The van der Waals surface area contributed by atoms with E-state index in [1.54, 1.807) is 0 Å². The van der Waals surface area contributed by atoms with Gasteiger partial charge in [-0.25, -0.2) is 0 Å². The molecule has 2 aromatic rings. The van der Waals surface area contributed by atoms with Crippen LogP contribution >= 0.6 is 0 Å². The lowest BCUT2D eigenvalue weighted by molar-refractivity contribution is 0.207. The smallest absolute Gasteiger partial charge is 0.0746 e. The third-order valence-electron chi connectivity index (χ3n) is 4.64. The molecule has 1 heterocycles. The fourth-order valence-electron chi connectivity index (χ4n) is 3.39. The first kappa shape index (κ1) is 13.6. The van der Waals surface area contributed by atoms with Crippen LogP contribution in [-0.4, -0.2) is 11.5 Å². The number of rotatable bonds is 4. The fourth-order valence-corrected chi connectivity index (χ4v) is 3.39. The molecular weight excluding hydrogens is 244 g/mol. The Kier molecular flexibility index (Phi) is 4.02. The molecule has 0 radical (unpaired) electrons. The normalized spacial score (nSPS) is 18.2. The predicted molar refractivity (Wildman–Crippen MR) is 84.6 cm³/mol. The number of hydrogen-bond donors (Lipinski definition) is 1. The molecule has 1 aromatic heterocycles. The van der Waals surface area contributed by atoms with E-state index in [0.29, 0.717) is 5.41 Å². The number of benzene rings is 1. The number of hydrogen-bond acceptors (Lipinski definition) is 2. The van der Waals surface area contributed by atoms with Gasteiger partial charge in [-0.05, 0) is 29.9 Å². The van der Waals surface area contributed by atoms with Gasteiger partial charge in [-0.2, -0.15) is 0 Å². The van der Waals surface area contributed by atoms with Gasteiger partial charge in [-0.1, -0.05) is 50.5 Å². The van der Waals surface area contributed by atoms with Crippen LogP contribution in [-0.2, 0) is 6.54 Å². The topological polar surface area (TPSA) is 24.9 Å². The second kappa shape index (κ2) is 5.92. The van der Waals surface area contributed by atoms with Gasteiger partial charge >= 0.3 is 0 Å². The van der Waals surface area contributed by atoms with Gasteiger partial charge in [0, 0.05) is 24.7 Å². The van der Waals surface area contributed by atoms with Crippen molar-refractivity contribution < 1.29 is 0 Å². The van der Waals surface area contributed by atoms with Crippen LogP contribution in [0.4, 0.5) is 0 Å². The van der Waals surface area contributed by atoms with E-state index in [0.717, 1.165) is 18.6 Å². The van der Waals surface area contributed by atoms with Crippen LogP contribution in [0, 0.1) is 5.41 Å². The van der Waals surface area contributed by atoms with E-state index < -0.39 is 0 Å². The van der Waals surface area contributed by atoms with E-state index in [-0.39, 0.29) is 0 Å². The highest BCUT2D eigenvalue weighted by Crippen LogP contribution is 2.35. The Bertz CT molecular complexity index is 565. The maximum atomic E-state index is 4.52. The summed E-state index contributed by atoms with van der Waals surface area (Å²) in [4.78, 5) is 4.52. The summed E-state index contributed by atoms with van der Waals surface area (Å²) >= 11 is 0. The van der Waals surface area contributed by atoms with E-state index in [4.69, 9.17) is 0 Å². The third-order valence-corrected chi connectivity index (χ3v) is 4.64. The van der Waals surface area contributed by atoms with Crippen molar-refractivity contribution in [2.75, 3.05) is 6.54 Å². The number of pyridine rings is 1. The maximum absolute atomic E-state index is 4.52. The molecule has 0 bridgehead atoms. The average molecular weight is 268 g/mol. The second-order valence-electron chi connectivity index (χ2n) is 6.47. The van der Waals surface area contributed by atoms with Crippen LogP contribution in [0.3, 0.4) is 0 Å². The summed E-state index contributed by atoms with van der Waals surface area (Å²) in [6.45, 7) is 4.47. The van der Waals surface area contributed by atoms with Crippen LogP contribution in [0.5, 0.6) is 0 Å². The van der Waals surface area contributed by atoms with Gasteiger partial charge in [0.2, 0.25) is 0 Å². The average Bonchev–Trinajstić information content (AvgIpc) is 2.48. The van der Waals surface area contributed by atoms with Crippen LogP contribution in [0.25, 0.3) is 10.9 Å². The van der Waals surface area contributed by atoms with Gasteiger partial charge in [-0.15, -0.1) is 0 Å². The zero-order chi connectivity index (χ0) is 13.8. The van der Waals surface area contributed by atoms with E-state index >= 15 is 0 Å². The molecule has 1 aromatic carbocycles. The number of aromatic nitrogens is 1. The molecule has 0 aliphatic heterocycles. The molecule has 2 nitrogen and oxygen atoms in total. The highest BCUT2D eigenvalue weighted by Gasteiger charge is 2.25. The van der Waals surface area contributed by atoms with Crippen molar-refractivity contribution in [1.82, 2.24) is 10.3 Å². The Morgan fingerprint density at radius 1 is 1.10 bits per heavy atom. The zero-order valence-corrected chi connectivity index (χ0v) is 12.4. The van der Waals surface area contributed by atoms with Crippen molar-refractivity contribution in [3.63, 3.8) is 0 Å². The lowest BCUT2D eigenvalue weighted by Gasteiger charge is -2.33. The van der Waals surface area contributed by atoms with Crippen molar-refractivity contribution in [3.8, 4) is 0 Å². The van der Waals surface area contributed by atoms with Gasteiger partial charge in [0.25, 0.3) is 0 Å². The first-order chi connectivity index (χ1) is 9.77. The zero-order valence-electron chi connectivity index (χ0n) is 12.4. The second-order valence-corrected chi connectivity index (χ2v) is 6.47. The minimum absolute atomic E-state index is 0.496. The molecule has 0 atom stereocenters. The van der Waals surface area contributed by atoms with E-state index in [2.05, 4.69) is 41.5 Å². The van der Waals surface area contributed by atoms with Gasteiger partial charge in [0.05, 0.1) is 5.52 Å². The Hall–Kier alpha value is -1.41. The molecule has 0 spiro atoms. The molecule has 1 fully saturated rings. The van der Waals surface area contributed by atoms with Crippen molar-refractivity contribution in [1.29, 1.82) is 0 Å². The van der Waals surface area contributed by atoms with Gasteiger partial charge in [0.15, 0.2) is 0 Å². The summed E-state index contributed by atoms with van der Waals surface area (Å²) < 4.78 is 0. The lowest BCUT2D eigenvalue weighted by Crippen LogP contribution is -2.33. The lowest BCUT2D eigenvalue weighted by atomic mass is 9.76. The van der Waals surface area contributed by atoms with Crippen molar-refractivity contribution in [2.45, 2.75) is 45.6 Å². The first-order valence-corrected chi connectivity index (χ1v) is 7.80. The van der Waals surface area contributed by atoms with Gasteiger partial charge in [0.1, 0.15) is 0 Å². The molecule has 1 aliphatic rings. The van der Waals surface area contributed by atoms with Crippen molar-refractivity contribution >= 4 is 10.9 Å². The minimum atomic E-state index is 0.496. The number of fused-ring (bicyclic) bond motifs is 1. The summed E-state index contributed by atoms with van der Waals surface area (Å²) in [6.07, 6.45) is 8.83. The van der Waals surface area contributed by atoms with Crippen molar-refractivity contribution in [2.24, 2.45) is 5.41 Å². The molecule has 0 unspecified atom stereocenters. The predicted octanol–water partition coefficient (Wildman–Crippen LogP) is 4.29. The SMILES string of the molecule is CC1(CNCc2cccc3cccnc23)CCCCC1. The largest absolute Gasteiger partial charge is 0.312 e. The Labute approximate surface area is 121 Å². The molecule has 0 amide bonds. The van der Waals surface area contributed by atoms with Gasteiger partial charge in [-0.3, -0.25) is 4.98 Å². The van der Waals surface area contributed by atoms with Crippen LogP contribution in [0.2, 0.25) is 0 Å². The molecule has 1 aliphatic carbocycles. The van der Waals surface area contributed by atoms with E-state index in [1.807, 2.05) is 12.3 Å². The number of nitrogens with one attached hydrogen (secondary N) is 1. The summed E-state index contributed by atoms with van der Waals surface area (Å²) in [6, 6.07) is 10.6.